The molecule has 0 saturated carbocycles. The Morgan fingerprint density at radius 2 is 1.57 bits per heavy atom. The van der Waals surface area contributed by atoms with Gasteiger partial charge in [0.15, 0.2) is 0 Å². The SMILES string of the molecule is O=S(=O)(NNc1ccccc1)c1cccc(C(F)(F)F)c1. The van der Waals surface area contributed by atoms with Gasteiger partial charge in [-0.15, -0.1) is 4.83 Å². The number of para-hydroxylation sites is 1. The van der Waals surface area contributed by atoms with Gasteiger partial charge >= 0.3 is 6.18 Å². The monoisotopic (exact) mass is 316 g/mol. The summed E-state index contributed by atoms with van der Waals surface area (Å²) in [6.45, 7) is 0. The molecule has 8 heteroatoms. The van der Waals surface area contributed by atoms with E-state index in [-0.39, 0.29) is 0 Å². The molecule has 4 nitrogen and oxygen atoms in total. The highest BCUT2D eigenvalue weighted by Gasteiger charge is 2.31. The van der Waals surface area contributed by atoms with Crippen molar-refractivity contribution in [2.75, 3.05) is 5.43 Å². The minimum Gasteiger partial charge on any atom is -0.308 e. The first-order valence-electron chi connectivity index (χ1n) is 5.79. The number of benzene rings is 2. The second kappa shape index (κ2) is 5.74. The van der Waals surface area contributed by atoms with Crippen LogP contribution in [-0.2, 0) is 16.2 Å². The number of rotatable bonds is 4. The molecule has 0 unspecified atom stereocenters. The average Bonchev–Trinajstić information content (AvgIpc) is 2.46. The zero-order valence-corrected chi connectivity index (χ0v) is 11.4. The minimum atomic E-state index is -4.60. The third-order valence-corrected chi connectivity index (χ3v) is 3.82. The minimum absolute atomic E-state index is 0.466. The highest BCUT2D eigenvalue weighted by molar-refractivity contribution is 7.89. The third kappa shape index (κ3) is 3.96. The van der Waals surface area contributed by atoms with E-state index in [1.807, 2.05) is 4.83 Å². The molecule has 0 bridgehead atoms. The molecule has 0 fully saturated rings. The lowest BCUT2D eigenvalue weighted by molar-refractivity contribution is -0.137. The zero-order valence-electron chi connectivity index (χ0n) is 10.6. The molecule has 112 valence electrons. The normalized spacial score (nSPS) is 12.1. The molecule has 2 aromatic carbocycles. The van der Waals surface area contributed by atoms with Crippen molar-refractivity contribution in [1.82, 2.24) is 4.83 Å². The Bertz CT molecular complexity index is 716. The molecule has 0 aliphatic carbocycles. The van der Waals surface area contributed by atoms with Gasteiger partial charge in [-0.3, -0.25) is 0 Å². The van der Waals surface area contributed by atoms with Crippen LogP contribution in [0.2, 0.25) is 0 Å². The summed E-state index contributed by atoms with van der Waals surface area (Å²) in [5, 5.41) is 0. The van der Waals surface area contributed by atoms with Gasteiger partial charge in [-0.25, -0.2) is 8.42 Å². The summed E-state index contributed by atoms with van der Waals surface area (Å²) in [4.78, 5) is 1.55. The number of nitrogens with one attached hydrogen (secondary N) is 2. The van der Waals surface area contributed by atoms with Crippen molar-refractivity contribution in [2.45, 2.75) is 11.1 Å². The fraction of sp³-hybridized carbons (Fsp3) is 0.0769. The lowest BCUT2D eigenvalue weighted by Gasteiger charge is -2.11. The number of halogens is 3. The Labute approximate surface area is 119 Å². The topological polar surface area (TPSA) is 58.2 Å². The van der Waals surface area contributed by atoms with Gasteiger partial charge in [0.1, 0.15) is 0 Å². The van der Waals surface area contributed by atoms with Gasteiger partial charge in [-0.1, -0.05) is 24.3 Å². The number of anilines is 1. The van der Waals surface area contributed by atoms with E-state index in [0.717, 1.165) is 18.2 Å². The van der Waals surface area contributed by atoms with E-state index < -0.39 is 26.7 Å². The summed E-state index contributed by atoms with van der Waals surface area (Å²) in [6.07, 6.45) is -4.60. The van der Waals surface area contributed by atoms with Crippen molar-refractivity contribution in [3.63, 3.8) is 0 Å². The van der Waals surface area contributed by atoms with Crippen LogP contribution in [-0.4, -0.2) is 8.42 Å². The summed E-state index contributed by atoms with van der Waals surface area (Å²) in [5.41, 5.74) is 1.87. The van der Waals surface area contributed by atoms with Crippen LogP contribution in [0.1, 0.15) is 5.56 Å². The molecular formula is C13H11F3N2O2S. The highest BCUT2D eigenvalue weighted by atomic mass is 32.2. The van der Waals surface area contributed by atoms with E-state index >= 15 is 0 Å². The molecule has 2 aromatic rings. The van der Waals surface area contributed by atoms with Gasteiger partial charge < -0.3 is 5.43 Å². The number of alkyl halides is 3. The van der Waals surface area contributed by atoms with Crippen molar-refractivity contribution < 1.29 is 21.6 Å². The lowest BCUT2D eigenvalue weighted by Crippen LogP contribution is -2.29. The Morgan fingerprint density at radius 1 is 0.905 bits per heavy atom. The van der Waals surface area contributed by atoms with Crippen LogP contribution < -0.4 is 10.3 Å². The van der Waals surface area contributed by atoms with Crippen molar-refractivity contribution >= 4 is 15.7 Å². The quantitative estimate of drug-likeness (QED) is 0.853. The van der Waals surface area contributed by atoms with Crippen molar-refractivity contribution in [2.24, 2.45) is 0 Å². The Hall–Kier alpha value is -2.06. The number of hydrogen-bond acceptors (Lipinski definition) is 3. The van der Waals surface area contributed by atoms with Crippen molar-refractivity contribution in [3.8, 4) is 0 Å². The van der Waals surface area contributed by atoms with E-state index in [0.29, 0.717) is 11.8 Å². The van der Waals surface area contributed by atoms with Crippen molar-refractivity contribution in [3.05, 3.63) is 60.2 Å². The smallest absolute Gasteiger partial charge is 0.308 e. The molecule has 0 heterocycles. The van der Waals surface area contributed by atoms with Crippen LogP contribution in [0.5, 0.6) is 0 Å². The van der Waals surface area contributed by atoms with Gasteiger partial charge in [-0.05, 0) is 30.3 Å². The van der Waals surface area contributed by atoms with Crippen LogP contribution in [0.25, 0.3) is 0 Å². The number of hydrogen-bond donors (Lipinski definition) is 2. The molecule has 0 radical (unpaired) electrons. The number of hydrazine groups is 1. The molecule has 21 heavy (non-hydrogen) atoms. The summed E-state index contributed by atoms with van der Waals surface area (Å²) < 4.78 is 61.6. The van der Waals surface area contributed by atoms with Crippen LogP contribution in [0.15, 0.2) is 59.5 Å². The van der Waals surface area contributed by atoms with E-state index in [4.69, 9.17) is 0 Å². The molecule has 0 saturated heterocycles. The number of sulfonamides is 1. The molecule has 0 amide bonds. The molecule has 2 rings (SSSR count). The predicted molar refractivity (Wildman–Crippen MR) is 71.8 cm³/mol. The summed E-state index contributed by atoms with van der Waals surface area (Å²) in [6, 6.07) is 11.8. The Kier molecular flexibility index (Phi) is 4.19. The lowest BCUT2D eigenvalue weighted by atomic mass is 10.2. The molecule has 0 aliphatic heterocycles. The van der Waals surface area contributed by atoms with E-state index in [1.54, 1.807) is 30.3 Å². The van der Waals surface area contributed by atoms with Gasteiger partial charge in [0, 0.05) is 5.69 Å². The second-order valence-electron chi connectivity index (χ2n) is 4.12. The third-order valence-electron chi connectivity index (χ3n) is 2.58. The standard InChI is InChI=1S/C13H11F3N2O2S/c14-13(15,16)10-5-4-8-12(9-10)21(19,20)18-17-11-6-2-1-3-7-11/h1-9,17-18H. The van der Waals surface area contributed by atoms with E-state index in [1.165, 1.54) is 0 Å². The van der Waals surface area contributed by atoms with Crippen LogP contribution in [0, 0.1) is 0 Å². The maximum atomic E-state index is 12.6. The first-order valence-corrected chi connectivity index (χ1v) is 7.27. The molecule has 0 aliphatic rings. The molecule has 2 N–H and O–H groups in total. The predicted octanol–water partition coefficient (Wildman–Crippen LogP) is 3.01. The van der Waals surface area contributed by atoms with Crippen molar-refractivity contribution in [1.29, 1.82) is 0 Å². The first kappa shape index (κ1) is 15.3. The highest BCUT2D eigenvalue weighted by Crippen LogP contribution is 2.30. The molecule has 0 spiro atoms. The van der Waals surface area contributed by atoms with Gasteiger partial charge in [0.2, 0.25) is 0 Å². The Morgan fingerprint density at radius 3 is 2.19 bits per heavy atom. The summed E-state index contributed by atoms with van der Waals surface area (Å²) in [5.74, 6) is 0. The van der Waals surface area contributed by atoms with Crippen LogP contribution in [0.4, 0.5) is 18.9 Å². The fourth-order valence-electron chi connectivity index (χ4n) is 1.55. The average molecular weight is 316 g/mol. The van der Waals surface area contributed by atoms with Gasteiger partial charge in [0.25, 0.3) is 10.0 Å². The fourth-order valence-corrected chi connectivity index (χ4v) is 2.46. The summed E-state index contributed by atoms with van der Waals surface area (Å²) in [7, 11) is -4.10. The maximum Gasteiger partial charge on any atom is 0.416 e. The zero-order chi connectivity index (χ0) is 15.5. The van der Waals surface area contributed by atoms with Gasteiger partial charge in [0.05, 0.1) is 10.5 Å². The molecule has 0 atom stereocenters. The first-order chi connectivity index (χ1) is 9.79. The maximum absolute atomic E-state index is 12.6. The van der Waals surface area contributed by atoms with E-state index in [2.05, 4.69) is 5.43 Å². The summed E-state index contributed by atoms with van der Waals surface area (Å²) >= 11 is 0. The molecule has 0 aromatic heterocycles. The van der Waals surface area contributed by atoms with E-state index in [9.17, 15) is 21.6 Å². The van der Waals surface area contributed by atoms with Crippen LogP contribution >= 0.6 is 0 Å². The Balaban J connectivity index is 2.20. The van der Waals surface area contributed by atoms with Crippen LogP contribution in [0.3, 0.4) is 0 Å². The van der Waals surface area contributed by atoms with Gasteiger partial charge in [-0.2, -0.15) is 13.2 Å². The second-order valence-corrected chi connectivity index (χ2v) is 5.80. The molecular weight excluding hydrogens is 305 g/mol. The largest absolute Gasteiger partial charge is 0.416 e.